The summed E-state index contributed by atoms with van der Waals surface area (Å²) < 4.78 is 5.16. The summed E-state index contributed by atoms with van der Waals surface area (Å²) in [6.07, 6.45) is 1.66. The first-order chi connectivity index (χ1) is 10.7. The summed E-state index contributed by atoms with van der Waals surface area (Å²) in [5.74, 6) is 3.41. The zero-order chi connectivity index (χ0) is 15.1. The average Bonchev–Trinajstić information content (AvgIpc) is 3.14. The fraction of sp³-hybridized carbons (Fsp3) is 0.562. The van der Waals surface area contributed by atoms with Gasteiger partial charge in [-0.3, -0.25) is 4.90 Å². The van der Waals surface area contributed by atoms with Crippen LogP contribution in [0.5, 0.6) is 0 Å². The number of aromatic nitrogens is 3. The third-order valence-corrected chi connectivity index (χ3v) is 4.74. The minimum atomic E-state index is 0.725. The van der Waals surface area contributed by atoms with E-state index < -0.39 is 0 Å². The number of fused-ring (bicyclic) bond motifs is 1. The molecule has 2 atom stereocenters. The van der Waals surface area contributed by atoms with E-state index in [1.54, 1.807) is 6.33 Å². The van der Waals surface area contributed by atoms with Crippen molar-refractivity contribution in [1.29, 1.82) is 0 Å². The lowest BCUT2D eigenvalue weighted by Gasteiger charge is -2.21. The summed E-state index contributed by atoms with van der Waals surface area (Å²) in [5, 5.41) is 4.10. The molecule has 0 aromatic carbocycles. The first-order valence-electron chi connectivity index (χ1n) is 7.85. The Morgan fingerprint density at radius 1 is 1.09 bits per heavy atom. The van der Waals surface area contributed by atoms with E-state index in [0.29, 0.717) is 0 Å². The number of hydrogen-bond acceptors (Lipinski definition) is 6. The molecule has 0 saturated carbocycles. The second kappa shape index (κ2) is 5.35. The Morgan fingerprint density at radius 2 is 1.86 bits per heavy atom. The van der Waals surface area contributed by atoms with Crippen molar-refractivity contribution in [1.82, 2.24) is 20.0 Å². The lowest BCUT2D eigenvalue weighted by atomic mass is 10.0. The number of hydrogen-bond donors (Lipinski definition) is 0. The monoisotopic (exact) mass is 299 g/mol. The molecule has 6 heteroatoms. The maximum absolute atomic E-state index is 5.16. The Morgan fingerprint density at radius 3 is 2.50 bits per heavy atom. The molecular weight excluding hydrogens is 278 g/mol. The van der Waals surface area contributed by atoms with Gasteiger partial charge in [-0.15, -0.1) is 0 Å². The van der Waals surface area contributed by atoms with Gasteiger partial charge in [0.2, 0.25) is 0 Å². The van der Waals surface area contributed by atoms with Crippen LogP contribution in [0.4, 0.5) is 5.82 Å². The summed E-state index contributed by atoms with van der Waals surface area (Å²) in [7, 11) is 0. The lowest BCUT2D eigenvalue weighted by molar-refractivity contribution is 0.294. The van der Waals surface area contributed by atoms with Crippen molar-refractivity contribution in [2.45, 2.75) is 20.4 Å². The van der Waals surface area contributed by atoms with Crippen molar-refractivity contribution >= 4 is 5.82 Å². The predicted molar refractivity (Wildman–Crippen MR) is 82.5 cm³/mol. The van der Waals surface area contributed by atoms with E-state index in [1.807, 2.05) is 19.9 Å². The van der Waals surface area contributed by atoms with Crippen LogP contribution in [0.1, 0.15) is 17.1 Å². The van der Waals surface area contributed by atoms with Gasteiger partial charge in [0, 0.05) is 50.6 Å². The summed E-state index contributed by atoms with van der Waals surface area (Å²) in [4.78, 5) is 13.5. The normalized spacial score (nSPS) is 24.9. The Labute approximate surface area is 130 Å². The van der Waals surface area contributed by atoms with Gasteiger partial charge in [0.25, 0.3) is 0 Å². The third-order valence-electron chi connectivity index (χ3n) is 4.74. The average molecular weight is 299 g/mol. The summed E-state index contributed by atoms with van der Waals surface area (Å²) in [6, 6.07) is 4.11. The van der Waals surface area contributed by atoms with E-state index in [1.165, 1.54) is 0 Å². The largest absolute Gasteiger partial charge is 0.361 e. The molecule has 2 fully saturated rings. The van der Waals surface area contributed by atoms with Crippen LogP contribution < -0.4 is 4.90 Å². The van der Waals surface area contributed by atoms with Crippen molar-refractivity contribution in [2.24, 2.45) is 11.8 Å². The van der Waals surface area contributed by atoms with Gasteiger partial charge in [-0.05, 0) is 25.7 Å². The molecule has 0 N–H and O–H groups in total. The number of anilines is 1. The number of rotatable bonds is 3. The van der Waals surface area contributed by atoms with Crippen LogP contribution in [0.25, 0.3) is 0 Å². The fourth-order valence-electron chi connectivity index (χ4n) is 3.74. The summed E-state index contributed by atoms with van der Waals surface area (Å²) in [5.41, 5.74) is 2.07. The molecule has 2 aliphatic rings. The van der Waals surface area contributed by atoms with Crippen LogP contribution in [0, 0.1) is 25.7 Å². The third kappa shape index (κ3) is 2.59. The van der Waals surface area contributed by atoms with E-state index in [-0.39, 0.29) is 0 Å². The van der Waals surface area contributed by atoms with Crippen LogP contribution in [0.15, 0.2) is 23.0 Å². The Hall–Kier alpha value is -1.95. The zero-order valence-electron chi connectivity index (χ0n) is 13.1. The van der Waals surface area contributed by atoms with Crippen molar-refractivity contribution in [2.75, 3.05) is 31.1 Å². The molecule has 2 saturated heterocycles. The van der Waals surface area contributed by atoms with Crippen LogP contribution in [0.2, 0.25) is 0 Å². The van der Waals surface area contributed by atoms with Gasteiger partial charge < -0.3 is 9.42 Å². The van der Waals surface area contributed by atoms with Crippen molar-refractivity contribution in [3.05, 3.63) is 35.6 Å². The maximum atomic E-state index is 5.16. The lowest BCUT2D eigenvalue weighted by Crippen LogP contribution is -2.29. The molecule has 0 amide bonds. The molecule has 2 aromatic heterocycles. The van der Waals surface area contributed by atoms with Gasteiger partial charge in [0.1, 0.15) is 17.9 Å². The van der Waals surface area contributed by atoms with Gasteiger partial charge in [0.05, 0.1) is 5.69 Å². The molecule has 116 valence electrons. The van der Waals surface area contributed by atoms with Crippen LogP contribution in [-0.4, -0.2) is 46.2 Å². The molecule has 2 aliphatic heterocycles. The van der Waals surface area contributed by atoms with E-state index in [9.17, 15) is 0 Å². The van der Waals surface area contributed by atoms with E-state index in [0.717, 1.165) is 67.5 Å². The molecule has 0 spiro atoms. The van der Waals surface area contributed by atoms with Crippen LogP contribution in [-0.2, 0) is 6.54 Å². The van der Waals surface area contributed by atoms with Crippen molar-refractivity contribution in [3.8, 4) is 0 Å². The molecule has 22 heavy (non-hydrogen) atoms. The maximum Gasteiger partial charge on any atom is 0.133 e. The topological polar surface area (TPSA) is 58.3 Å². The molecule has 0 bridgehead atoms. The molecule has 4 rings (SSSR count). The van der Waals surface area contributed by atoms with E-state index in [4.69, 9.17) is 4.52 Å². The Kier molecular flexibility index (Phi) is 3.33. The quantitative estimate of drug-likeness (QED) is 0.859. The first-order valence-corrected chi connectivity index (χ1v) is 7.85. The molecule has 0 aliphatic carbocycles. The molecule has 6 nitrogen and oxygen atoms in total. The molecule has 2 unspecified atom stereocenters. The smallest absolute Gasteiger partial charge is 0.133 e. The standard InChI is InChI=1S/C16H21N5O/c1-11-3-16(18-10-17-11)21-7-13-5-20(6-14(13)8-21)9-15-4-12(2)22-19-15/h3-4,10,13-14H,5-9H2,1-2H3. The second-order valence-electron chi connectivity index (χ2n) is 6.57. The highest BCUT2D eigenvalue weighted by atomic mass is 16.5. The predicted octanol–water partition coefficient (Wildman–Crippen LogP) is 1.65. The summed E-state index contributed by atoms with van der Waals surface area (Å²) >= 11 is 0. The van der Waals surface area contributed by atoms with Gasteiger partial charge in [-0.25, -0.2) is 9.97 Å². The molecule has 4 heterocycles. The molecule has 2 aromatic rings. The van der Waals surface area contributed by atoms with Gasteiger partial charge in [-0.2, -0.15) is 0 Å². The molecule has 0 radical (unpaired) electrons. The highest BCUT2D eigenvalue weighted by Crippen LogP contribution is 2.33. The highest BCUT2D eigenvalue weighted by Gasteiger charge is 2.40. The van der Waals surface area contributed by atoms with Gasteiger partial charge in [-0.1, -0.05) is 5.16 Å². The Balaban J connectivity index is 1.38. The molecular formula is C16H21N5O. The van der Waals surface area contributed by atoms with E-state index in [2.05, 4.69) is 31.0 Å². The zero-order valence-corrected chi connectivity index (χ0v) is 13.1. The first kappa shape index (κ1) is 13.7. The Bertz CT molecular complexity index is 656. The van der Waals surface area contributed by atoms with Gasteiger partial charge in [0.15, 0.2) is 0 Å². The van der Waals surface area contributed by atoms with Crippen LogP contribution in [0.3, 0.4) is 0 Å². The minimum absolute atomic E-state index is 0.725. The fourth-order valence-corrected chi connectivity index (χ4v) is 3.74. The van der Waals surface area contributed by atoms with E-state index >= 15 is 0 Å². The van der Waals surface area contributed by atoms with Crippen molar-refractivity contribution < 1.29 is 4.52 Å². The van der Waals surface area contributed by atoms with Gasteiger partial charge >= 0.3 is 0 Å². The SMILES string of the molecule is Cc1cc(N2CC3CN(Cc4cc(C)on4)CC3C2)ncn1. The highest BCUT2D eigenvalue weighted by molar-refractivity contribution is 5.40. The van der Waals surface area contributed by atoms with Crippen LogP contribution >= 0.6 is 0 Å². The summed E-state index contributed by atoms with van der Waals surface area (Å²) in [6.45, 7) is 9.32. The number of nitrogens with zero attached hydrogens (tertiary/aromatic N) is 5. The number of aryl methyl sites for hydroxylation is 2. The second-order valence-corrected chi connectivity index (χ2v) is 6.57. The van der Waals surface area contributed by atoms with Crippen molar-refractivity contribution in [3.63, 3.8) is 0 Å². The number of likely N-dealkylation sites (tertiary alicyclic amines) is 1. The minimum Gasteiger partial charge on any atom is -0.361 e.